The summed E-state index contributed by atoms with van der Waals surface area (Å²) in [6.07, 6.45) is 2.51. The number of rotatable bonds is 1. The molecule has 0 saturated carbocycles. The predicted molar refractivity (Wildman–Crippen MR) is 62.0 cm³/mol. The Bertz CT molecular complexity index is 432. The van der Waals surface area contributed by atoms with E-state index in [-0.39, 0.29) is 5.41 Å². The molecule has 1 heterocycles. The van der Waals surface area contributed by atoms with Crippen LogP contribution in [0.4, 0.5) is 5.69 Å². The molecule has 0 bridgehead atoms. The van der Waals surface area contributed by atoms with Gasteiger partial charge in [-0.15, -0.1) is 0 Å². The molecule has 0 fully saturated rings. The Morgan fingerprint density at radius 2 is 1.93 bits per heavy atom. The van der Waals surface area contributed by atoms with Crippen molar-refractivity contribution in [2.45, 2.75) is 19.3 Å². The number of carbonyl (C=O) groups is 1. The Morgan fingerprint density at radius 1 is 1.27 bits per heavy atom. The summed E-state index contributed by atoms with van der Waals surface area (Å²) in [5.41, 5.74) is 3.45. The molecular formula is C13H15NO. The summed E-state index contributed by atoms with van der Waals surface area (Å²) in [5, 5.41) is 0. The lowest BCUT2D eigenvalue weighted by atomic mass is 9.84. The molecule has 2 heteroatoms. The zero-order valence-corrected chi connectivity index (χ0v) is 9.32. The molecule has 1 aromatic rings. The highest BCUT2D eigenvalue weighted by Gasteiger charge is 2.37. The molecule has 1 aromatic carbocycles. The highest BCUT2D eigenvalue weighted by atomic mass is 16.1. The molecule has 0 N–H and O–H groups in total. The minimum absolute atomic E-state index is 0.0771. The summed E-state index contributed by atoms with van der Waals surface area (Å²) in [4.78, 5) is 12.7. The van der Waals surface area contributed by atoms with Crippen LogP contribution in [0.2, 0.25) is 0 Å². The Balaban J connectivity index is 2.64. The van der Waals surface area contributed by atoms with E-state index < -0.39 is 0 Å². The second kappa shape index (κ2) is 3.23. The molecular weight excluding hydrogens is 186 g/mol. The molecule has 1 aliphatic heterocycles. The first-order chi connectivity index (χ1) is 7.09. The first kappa shape index (κ1) is 9.97. The van der Waals surface area contributed by atoms with Gasteiger partial charge in [0, 0.05) is 23.8 Å². The van der Waals surface area contributed by atoms with E-state index in [4.69, 9.17) is 0 Å². The van der Waals surface area contributed by atoms with E-state index in [0.717, 1.165) is 12.0 Å². The van der Waals surface area contributed by atoms with Crippen LogP contribution in [-0.4, -0.2) is 13.3 Å². The van der Waals surface area contributed by atoms with E-state index in [0.29, 0.717) is 0 Å². The van der Waals surface area contributed by atoms with Gasteiger partial charge < -0.3 is 4.90 Å². The number of allylic oxidation sites excluding steroid dienone is 2. The maximum Gasteiger partial charge on any atom is 0.144 e. The summed E-state index contributed by atoms with van der Waals surface area (Å²) >= 11 is 0. The second-order valence-electron chi connectivity index (χ2n) is 4.39. The number of hydrogen-bond donors (Lipinski definition) is 0. The van der Waals surface area contributed by atoms with Crippen LogP contribution >= 0.6 is 0 Å². The fourth-order valence-corrected chi connectivity index (χ4v) is 2.37. The molecule has 0 spiro atoms. The second-order valence-corrected chi connectivity index (χ2v) is 4.39. The fraction of sp³-hybridized carbons (Fsp3) is 0.308. The number of aldehydes is 1. The average Bonchev–Trinajstić information content (AvgIpc) is 2.41. The van der Waals surface area contributed by atoms with Crippen molar-refractivity contribution in [1.82, 2.24) is 0 Å². The van der Waals surface area contributed by atoms with E-state index in [1.807, 2.05) is 19.2 Å². The van der Waals surface area contributed by atoms with Gasteiger partial charge in [0.05, 0.1) is 0 Å². The number of fused-ring (bicyclic) bond motifs is 1. The first-order valence-electron chi connectivity index (χ1n) is 5.08. The molecule has 1 aliphatic rings. The van der Waals surface area contributed by atoms with E-state index in [9.17, 15) is 4.79 Å². The standard InChI is InChI=1S/C13H15NO/c1-13(2)10-6-4-5-7-11(10)14(3)12(13)8-9-15/h4-9H,1-3H3. The Kier molecular flexibility index (Phi) is 2.14. The van der Waals surface area contributed by atoms with E-state index in [1.54, 1.807) is 6.08 Å². The average molecular weight is 201 g/mol. The van der Waals surface area contributed by atoms with Crippen molar-refractivity contribution in [2.24, 2.45) is 0 Å². The largest absolute Gasteiger partial charge is 0.347 e. The summed E-state index contributed by atoms with van der Waals surface area (Å²) in [6, 6.07) is 8.27. The third-order valence-corrected chi connectivity index (χ3v) is 3.17. The van der Waals surface area contributed by atoms with Crippen molar-refractivity contribution < 1.29 is 4.79 Å². The van der Waals surface area contributed by atoms with Gasteiger partial charge in [-0.2, -0.15) is 0 Å². The quantitative estimate of drug-likeness (QED) is 0.514. The van der Waals surface area contributed by atoms with Crippen LogP contribution < -0.4 is 4.90 Å². The molecule has 15 heavy (non-hydrogen) atoms. The van der Waals surface area contributed by atoms with Crippen molar-refractivity contribution >= 4 is 12.0 Å². The molecule has 0 saturated heterocycles. The molecule has 0 unspecified atom stereocenters. The smallest absolute Gasteiger partial charge is 0.144 e. The topological polar surface area (TPSA) is 20.3 Å². The molecule has 0 atom stereocenters. The minimum Gasteiger partial charge on any atom is -0.347 e. The third-order valence-electron chi connectivity index (χ3n) is 3.17. The molecule has 0 aromatic heterocycles. The molecule has 78 valence electrons. The molecule has 2 nitrogen and oxygen atoms in total. The number of carbonyl (C=O) groups excluding carboxylic acids is 1. The van der Waals surface area contributed by atoms with Gasteiger partial charge in [0.15, 0.2) is 0 Å². The summed E-state index contributed by atoms with van der Waals surface area (Å²) in [6.45, 7) is 4.29. The van der Waals surface area contributed by atoms with Gasteiger partial charge in [-0.25, -0.2) is 0 Å². The number of hydrogen-bond acceptors (Lipinski definition) is 2. The minimum atomic E-state index is -0.0771. The van der Waals surface area contributed by atoms with Crippen molar-refractivity contribution in [3.8, 4) is 0 Å². The van der Waals surface area contributed by atoms with E-state index in [2.05, 4.69) is 30.9 Å². The van der Waals surface area contributed by atoms with E-state index >= 15 is 0 Å². The van der Waals surface area contributed by atoms with E-state index in [1.165, 1.54) is 11.3 Å². The van der Waals surface area contributed by atoms with Gasteiger partial charge in [-0.1, -0.05) is 32.0 Å². The Morgan fingerprint density at radius 3 is 2.53 bits per heavy atom. The highest BCUT2D eigenvalue weighted by Crippen LogP contribution is 2.46. The van der Waals surface area contributed by atoms with Crippen LogP contribution in [0.3, 0.4) is 0 Å². The fourth-order valence-electron chi connectivity index (χ4n) is 2.37. The number of anilines is 1. The zero-order chi connectivity index (χ0) is 11.1. The highest BCUT2D eigenvalue weighted by molar-refractivity contribution is 5.76. The van der Waals surface area contributed by atoms with Gasteiger partial charge in [0.1, 0.15) is 6.29 Å². The molecule has 0 radical (unpaired) electrons. The van der Waals surface area contributed by atoms with Crippen LogP contribution in [-0.2, 0) is 10.2 Å². The van der Waals surface area contributed by atoms with Gasteiger partial charge in [0.2, 0.25) is 0 Å². The van der Waals surface area contributed by atoms with Crippen LogP contribution in [0.5, 0.6) is 0 Å². The zero-order valence-electron chi connectivity index (χ0n) is 9.32. The Hall–Kier alpha value is -1.57. The summed E-state index contributed by atoms with van der Waals surface area (Å²) < 4.78 is 0. The predicted octanol–water partition coefficient (Wildman–Crippen LogP) is 2.50. The maximum atomic E-state index is 10.6. The van der Waals surface area contributed by atoms with Crippen LogP contribution in [0.25, 0.3) is 0 Å². The van der Waals surface area contributed by atoms with Gasteiger partial charge in [-0.05, 0) is 17.7 Å². The maximum absolute atomic E-state index is 10.6. The van der Waals surface area contributed by atoms with Gasteiger partial charge in [0.25, 0.3) is 0 Å². The summed E-state index contributed by atoms with van der Waals surface area (Å²) in [5.74, 6) is 0. The number of likely N-dealkylation sites (N-methyl/N-ethyl adjacent to an activating group) is 1. The monoisotopic (exact) mass is 201 g/mol. The van der Waals surface area contributed by atoms with Crippen LogP contribution in [0.15, 0.2) is 36.0 Å². The van der Waals surface area contributed by atoms with Crippen LogP contribution in [0.1, 0.15) is 19.4 Å². The molecule has 2 rings (SSSR count). The van der Waals surface area contributed by atoms with Crippen molar-refractivity contribution in [1.29, 1.82) is 0 Å². The van der Waals surface area contributed by atoms with Crippen molar-refractivity contribution in [3.05, 3.63) is 41.6 Å². The van der Waals surface area contributed by atoms with Gasteiger partial charge in [-0.3, -0.25) is 4.79 Å². The lowest BCUT2D eigenvalue weighted by Gasteiger charge is -2.23. The van der Waals surface area contributed by atoms with Crippen LogP contribution in [0, 0.1) is 0 Å². The Labute approximate surface area is 90.2 Å². The summed E-state index contributed by atoms with van der Waals surface area (Å²) in [7, 11) is 2.00. The van der Waals surface area contributed by atoms with Gasteiger partial charge >= 0.3 is 0 Å². The third kappa shape index (κ3) is 1.29. The number of benzene rings is 1. The SMILES string of the molecule is CN1C(=CC=O)C(C)(C)c2ccccc21. The van der Waals surface area contributed by atoms with Crippen molar-refractivity contribution in [3.63, 3.8) is 0 Å². The molecule has 0 amide bonds. The first-order valence-corrected chi connectivity index (χ1v) is 5.08. The normalized spacial score (nSPS) is 20.5. The lowest BCUT2D eigenvalue weighted by molar-refractivity contribution is -0.104. The van der Waals surface area contributed by atoms with Crippen molar-refractivity contribution in [2.75, 3.05) is 11.9 Å². The number of para-hydroxylation sites is 1. The number of nitrogens with zero attached hydrogens (tertiary/aromatic N) is 1. The lowest BCUT2D eigenvalue weighted by Crippen LogP contribution is -2.22. The molecule has 0 aliphatic carbocycles.